The average Bonchev–Trinajstić information content (AvgIpc) is 2.83. The van der Waals surface area contributed by atoms with Crippen molar-refractivity contribution in [2.75, 3.05) is 0 Å². The van der Waals surface area contributed by atoms with Gasteiger partial charge in [-0.1, -0.05) is 56.1 Å². The molecular weight excluding hydrogens is 380 g/mol. The van der Waals surface area contributed by atoms with E-state index in [2.05, 4.69) is 73.2 Å². The summed E-state index contributed by atoms with van der Waals surface area (Å²) >= 11 is 6.91. The second-order valence-corrected chi connectivity index (χ2v) is 6.42. The first kappa shape index (κ1) is 13.6. The lowest BCUT2D eigenvalue weighted by Gasteiger charge is -2.02. The third-order valence-electron chi connectivity index (χ3n) is 3.26. The fourth-order valence-corrected chi connectivity index (χ4v) is 2.71. The molecule has 0 saturated heterocycles. The van der Waals surface area contributed by atoms with E-state index in [1.807, 2.05) is 24.3 Å². The normalized spacial score (nSPS) is 10.8. The summed E-state index contributed by atoms with van der Waals surface area (Å²) < 4.78 is 2.15. The van der Waals surface area contributed by atoms with E-state index < -0.39 is 0 Å². The van der Waals surface area contributed by atoms with E-state index in [-0.39, 0.29) is 0 Å². The Morgan fingerprint density at radius 3 is 1.85 bits per heavy atom. The lowest BCUT2D eigenvalue weighted by molar-refractivity contribution is 1.10. The molecule has 0 aliphatic rings. The molecule has 0 unspecified atom stereocenters. The minimum absolute atomic E-state index is 0.996. The molecule has 1 heterocycles. The quantitative estimate of drug-likeness (QED) is 0.607. The first-order valence-corrected chi connectivity index (χ1v) is 7.80. The van der Waals surface area contributed by atoms with Crippen molar-refractivity contribution in [3.8, 4) is 22.5 Å². The number of hydrogen-bond donors (Lipinski definition) is 1. The van der Waals surface area contributed by atoms with Crippen molar-refractivity contribution in [1.29, 1.82) is 0 Å². The highest BCUT2D eigenvalue weighted by Crippen LogP contribution is 2.30. The Hall–Kier alpha value is -1.39. The Morgan fingerprint density at radius 2 is 1.30 bits per heavy atom. The van der Waals surface area contributed by atoms with Crippen molar-refractivity contribution in [2.45, 2.75) is 6.92 Å². The van der Waals surface area contributed by atoms with Gasteiger partial charge in [0.05, 0.1) is 11.4 Å². The summed E-state index contributed by atoms with van der Waals surface area (Å²) in [6.07, 6.45) is 0. The number of aromatic amines is 1. The molecule has 4 heteroatoms. The van der Waals surface area contributed by atoms with Gasteiger partial charge in [-0.05, 0) is 36.8 Å². The zero-order chi connectivity index (χ0) is 14.1. The summed E-state index contributed by atoms with van der Waals surface area (Å²) in [5, 5.41) is 7.61. The highest BCUT2D eigenvalue weighted by Gasteiger charge is 2.12. The van der Waals surface area contributed by atoms with E-state index in [0.29, 0.717) is 0 Å². The predicted molar refractivity (Wildman–Crippen MR) is 89.6 cm³/mol. The van der Waals surface area contributed by atoms with Crippen LogP contribution in [0.15, 0.2) is 57.5 Å². The molecule has 0 bridgehead atoms. The maximum Gasteiger partial charge on any atom is 0.0956 e. The molecule has 2 nitrogen and oxygen atoms in total. The van der Waals surface area contributed by atoms with Gasteiger partial charge in [-0.15, -0.1) is 0 Å². The summed E-state index contributed by atoms with van der Waals surface area (Å²) in [5.41, 5.74) is 5.48. The van der Waals surface area contributed by atoms with Gasteiger partial charge in [-0.3, -0.25) is 5.10 Å². The summed E-state index contributed by atoms with van der Waals surface area (Å²) in [5.74, 6) is 0. The number of halogens is 2. The molecule has 0 amide bonds. The fourth-order valence-electron chi connectivity index (χ4n) is 2.18. The Kier molecular flexibility index (Phi) is 3.76. The van der Waals surface area contributed by atoms with Gasteiger partial charge in [0.15, 0.2) is 0 Å². The van der Waals surface area contributed by atoms with Crippen LogP contribution in [0.25, 0.3) is 22.5 Å². The van der Waals surface area contributed by atoms with Gasteiger partial charge in [0.2, 0.25) is 0 Å². The maximum atomic E-state index is 4.46. The lowest BCUT2D eigenvalue weighted by Crippen LogP contribution is -1.82. The second kappa shape index (κ2) is 5.54. The van der Waals surface area contributed by atoms with Crippen LogP contribution in [0.3, 0.4) is 0 Å². The van der Waals surface area contributed by atoms with Gasteiger partial charge in [0, 0.05) is 20.1 Å². The standard InChI is InChI=1S/C16H12Br2N2/c1-10-15(11-2-6-13(17)7-3-11)19-20-16(10)12-4-8-14(18)9-5-12/h2-9H,1H3,(H,19,20). The molecule has 0 aliphatic carbocycles. The van der Waals surface area contributed by atoms with Gasteiger partial charge in [-0.25, -0.2) is 0 Å². The van der Waals surface area contributed by atoms with Crippen molar-refractivity contribution in [1.82, 2.24) is 10.2 Å². The lowest BCUT2D eigenvalue weighted by atomic mass is 10.0. The van der Waals surface area contributed by atoms with Crippen molar-refractivity contribution < 1.29 is 0 Å². The van der Waals surface area contributed by atoms with Gasteiger partial charge >= 0.3 is 0 Å². The van der Waals surface area contributed by atoms with Crippen LogP contribution in [-0.2, 0) is 0 Å². The van der Waals surface area contributed by atoms with E-state index in [1.54, 1.807) is 0 Å². The number of aromatic nitrogens is 2. The van der Waals surface area contributed by atoms with Crippen molar-refractivity contribution in [2.24, 2.45) is 0 Å². The molecule has 0 radical (unpaired) electrons. The molecule has 0 saturated carbocycles. The fraction of sp³-hybridized carbons (Fsp3) is 0.0625. The summed E-state index contributed by atoms with van der Waals surface area (Å²) in [6, 6.07) is 16.4. The van der Waals surface area contributed by atoms with Crippen LogP contribution in [-0.4, -0.2) is 10.2 Å². The molecule has 0 spiro atoms. The van der Waals surface area contributed by atoms with Crippen LogP contribution in [0.2, 0.25) is 0 Å². The van der Waals surface area contributed by atoms with Gasteiger partial charge in [0.25, 0.3) is 0 Å². The molecule has 1 N–H and O–H groups in total. The molecule has 3 aromatic rings. The largest absolute Gasteiger partial charge is 0.277 e. The highest BCUT2D eigenvalue weighted by molar-refractivity contribution is 9.10. The van der Waals surface area contributed by atoms with Crippen LogP contribution in [0.1, 0.15) is 5.56 Å². The van der Waals surface area contributed by atoms with Crippen LogP contribution in [0.5, 0.6) is 0 Å². The molecule has 2 aromatic carbocycles. The average molecular weight is 392 g/mol. The molecule has 20 heavy (non-hydrogen) atoms. The van der Waals surface area contributed by atoms with Crippen molar-refractivity contribution in [3.63, 3.8) is 0 Å². The molecule has 100 valence electrons. The number of nitrogens with one attached hydrogen (secondary N) is 1. The minimum atomic E-state index is 0.996. The molecule has 1 aromatic heterocycles. The topological polar surface area (TPSA) is 28.7 Å². The number of benzene rings is 2. The summed E-state index contributed by atoms with van der Waals surface area (Å²) in [7, 11) is 0. The zero-order valence-corrected chi connectivity index (χ0v) is 14.0. The Bertz CT molecular complexity index is 665. The van der Waals surface area contributed by atoms with Crippen molar-refractivity contribution >= 4 is 31.9 Å². The van der Waals surface area contributed by atoms with Crippen LogP contribution >= 0.6 is 31.9 Å². The molecule has 0 aliphatic heterocycles. The number of rotatable bonds is 2. The Labute approximate surface area is 134 Å². The first-order valence-electron chi connectivity index (χ1n) is 6.22. The maximum absolute atomic E-state index is 4.46. The van der Waals surface area contributed by atoms with E-state index in [9.17, 15) is 0 Å². The third-order valence-corrected chi connectivity index (χ3v) is 4.32. The van der Waals surface area contributed by atoms with Crippen LogP contribution < -0.4 is 0 Å². The second-order valence-electron chi connectivity index (χ2n) is 4.59. The van der Waals surface area contributed by atoms with Crippen LogP contribution in [0, 0.1) is 6.92 Å². The van der Waals surface area contributed by atoms with E-state index >= 15 is 0 Å². The molecular formula is C16H12Br2N2. The van der Waals surface area contributed by atoms with E-state index in [1.165, 1.54) is 0 Å². The Balaban J connectivity index is 2.04. The molecule has 3 rings (SSSR count). The van der Waals surface area contributed by atoms with Gasteiger partial charge in [-0.2, -0.15) is 5.10 Å². The first-order chi connectivity index (χ1) is 9.65. The predicted octanol–water partition coefficient (Wildman–Crippen LogP) is 5.58. The minimum Gasteiger partial charge on any atom is -0.277 e. The zero-order valence-electron chi connectivity index (χ0n) is 10.8. The summed E-state index contributed by atoms with van der Waals surface area (Å²) in [6.45, 7) is 2.10. The van der Waals surface area contributed by atoms with E-state index in [0.717, 1.165) is 37.0 Å². The number of hydrogen-bond acceptors (Lipinski definition) is 1. The third kappa shape index (κ3) is 2.58. The Morgan fingerprint density at radius 1 is 0.800 bits per heavy atom. The molecule has 0 atom stereocenters. The highest BCUT2D eigenvalue weighted by atomic mass is 79.9. The summed E-state index contributed by atoms with van der Waals surface area (Å²) in [4.78, 5) is 0. The molecule has 0 fully saturated rings. The SMILES string of the molecule is Cc1c(-c2ccc(Br)cc2)n[nH]c1-c1ccc(Br)cc1. The number of H-pyrrole nitrogens is 1. The smallest absolute Gasteiger partial charge is 0.0956 e. The van der Waals surface area contributed by atoms with Gasteiger partial charge in [0.1, 0.15) is 0 Å². The monoisotopic (exact) mass is 390 g/mol. The van der Waals surface area contributed by atoms with Crippen molar-refractivity contribution in [3.05, 3.63) is 63.0 Å². The number of nitrogens with zero attached hydrogens (tertiary/aromatic N) is 1. The van der Waals surface area contributed by atoms with E-state index in [4.69, 9.17) is 0 Å². The van der Waals surface area contributed by atoms with Gasteiger partial charge < -0.3 is 0 Å². The van der Waals surface area contributed by atoms with Crippen LogP contribution in [0.4, 0.5) is 0 Å².